The van der Waals surface area contributed by atoms with Gasteiger partial charge in [0, 0.05) is 18.5 Å². The highest BCUT2D eigenvalue weighted by Crippen LogP contribution is 2.55. The standard InChI is InChI=1S/C19H23NO/c21-18-17-11-6-10-16-9-4-5-12-19(16,17)14-20(18)13-15-7-2-1-3-8-15/h1-3,6-8,11,16-17H,4-5,9-10,12-14H2/t16-,17+,19+/m0/s1. The average Bonchev–Trinajstić information content (AvgIpc) is 2.80. The maximum atomic E-state index is 12.9. The van der Waals surface area contributed by atoms with E-state index in [4.69, 9.17) is 0 Å². The minimum Gasteiger partial charge on any atom is -0.337 e. The van der Waals surface area contributed by atoms with E-state index in [1.54, 1.807) is 0 Å². The first kappa shape index (κ1) is 13.1. The van der Waals surface area contributed by atoms with E-state index in [0.717, 1.165) is 19.0 Å². The van der Waals surface area contributed by atoms with Crippen molar-refractivity contribution in [1.82, 2.24) is 4.90 Å². The summed E-state index contributed by atoms with van der Waals surface area (Å²) < 4.78 is 0. The quantitative estimate of drug-likeness (QED) is 0.755. The number of benzene rings is 1. The number of hydrogen-bond donors (Lipinski definition) is 0. The zero-order valence-corrected chi connectivity index (χ0v) is 12.5. The number of nitrogens with zero attached hydrogens (tertiary/aromatic N) is 1. The summed E-state index contributed by atoms with van der Waals surface area (Å²) in [7, 11) is 0. The maximum absolute atomic E-state index is 12.9. The molecule has 2 fully saturated rings. The molecule has 1 saturated heterocycles. The van der Waals surface area contributed by atoms with Gasteiger partial charge >= 0.3 is 0 Å². The van der Waals surface area contributed by atoms with Crippen molar-refractivity contribution in [3.05, 3.63) is 48.0 Å². The largest absolute Gasteiger partial charge is 0.337 e. The molecule has 1 aromatic carbocycles. The highest BCUT2D eigenvalue weighted by Gasteiger charge is 2.56. The smallest absolute Gasteiger partial charge is 0.230 e. The number of allylic oxidation sites excluding steroid dienone is 1. The van der Waals surface area contributed by atoms with Crippen LogP contribution < -0.4 is 0 Å². The molecule has 2 nitrogen and oxygen atoms in total. The molecule has 2 aliphatic carbocycles. The van der Waals surface area contributed by atoms with Crippen molar-refractivity contribution in [1.29, 1.82) is 0 Å². The fourth-order valence-corrected chi connectivity index (χ4v) is 4.87. The zero-order chi connectivity index (χ0) is 14.3. The molecule has 1 aromatic rings. The summed E-state index contributed by atoms with van der Waals surface area (Å²) in [5.74, 6) is 1.24. The van der Waals surface area contributed by atoms with Gasteiger partial charge in [0.25, 0.3) is 0 Å². The van der Waals surface area contributed by atoms with Gasteiger partial charge in [0.2, 0.25) is 5.91 Å². The molecule has 1 amide bonds. The van der Waals surface area contributed by atoms with E-state index in [9.17, 15) is 4.79 Å². The molecule has 0 aromatic heterocycles. The van der Waals surface area contributed by atoms with Crippen LogP contribution in [0, 0.1) is 17.3 Å². The lowest BCUT2D eigenvalue weighted by Gasteiger charge is -2.45. The molecule has 0 unspecified atom stereocenters. The molecule has 1 spiro atoms. The van der Waals surface area contributed by atoms with Crippen molar-refractivity contribution in [3.63, 3.8) is 0 Å². The highest BCUT2D eigenvalue weighted by atomic mass is 16.2. The van der Waals surface area contributed by atoms with Crippen LogP contribution in [0.4, 0.5) is 0 Å². The summed E-state index contributed by atoms with van der Waals surface area (Å²) >= 11 is 0. The Hall–Kier alpha value is -1.57. The van der Waals surface area contributed by atoms with E-state index in [0.29, 0.717) is 5.91 Å². The Balaban J connectivity index is 1.62. The summed E-state index contributed by atoms with van der Waals surface area (Å²) in [6.07, 6.45) is 10.9. The van der Waals surface area contributed by atoms with Gasteiger partial charge in [0.1, 0.15) is 0 Å². The van der Waals surface area contributed by atoms with Crippen LogP contribution >= 0.6 is 0 Å². The minimum atomic E-state index is 0.153. The van der Waals surface area contributed by atoms with Crippen LogP contribution in [-0.4, -0.2) is 17.4 Å². The Morgan fingerprint density at radius 3 is 2.90 bits per heavy atom. The predicted molar refractivity (Wildman–Crippen MR) is 83.5 cm³/mol. The maximum Gasteiger partial charge on any atom is 0.230 e. The van der Waals surface area contributed by atoms with Gasteiger partial charge < -0.3 is 4.90 Å². The molecule has 3 atom stereocenters. The molecule has 0 radical (unpaired) electrons. The fourth-order valence-electron chi connectivity index (χ4n) is 4.87. The van der Waals surface area contributed by atoms with Crippen LogP contribution in [0.1, 0.15) is 37.7 Å². The van der Waals surface area contributed by atoms with Gasteiger partial charge in [-0.15, -0.1) is 0 Å². The second-order valence-corrected chi connectivity index (χ2v) is 7.00. The molecule has 0 bridgehead atoms. The summed E-state index contributed by atoms with van der Waals surface area (Å²) in [5, 5.41) is 0. The second kappa shape index (κ2) is 5.01. The lowest BCUT2D eigenvalue weighted by molar-refractivity contribution is -0.131. The molecule has 2 heteroatoms. The number of carbonyl (C=O) groups is 1. The molecule has 3 aliphatic rings. The van der Waals surface area contributed by atoms with Gasteiger partial charge in [-0.2, -0.15) is 0 Å². The van der Waals surface area contributed by atoms with E-state index in [1.165, 1.54) is 37.7 Å². The van der Waals surface area contributed by atoms with Crippen LogP contribution in [0.2, 0.25) is 0 Å². The number of likely N-dealkylation sites (tertiary alicyclic amines) is 1. The Kier molecular flexibility index (Phi) is 3.13. The molecule has 110 valence electrons. The molecule has 1 saturated carbocycles. The van der Waals surface area contributed by atoms with Crippen LogP contribution in [0.3, 0.4) is 0 Å². The van der Waals surface area contributed by atoms with E-state index in [2.05, 4.69) is 41.3 Å². The van der Waals surface area contributed by atoms with Crippen molar-refractivity contribution in [2.45, 2.75) is 38.6 Å². The molecule has 1 aliphatic heterocycles. The monoisotopic (exact) mass is 281 g/mol. The van der Waals surface area contributed by atoms with Crippen LogP contribution in [0.15, 0.2) is 42.5 Å². The van der Waals surface area contributed by atoms with Gasteiger partial charge in [0.15, 0.2) is 0 Å². The highest BCUT2D eigenvalue weighted by molar-refractivity contribution is 5.84. The number of amides is 1. The van der Waals surface area contributed by atoms with Gasteiger partial charge in [-0.1, -0.05) is 55.3 Å². The Morgan fingerprint density at radius 2 is 2.05 bits per heavy atom. The number of hydrogen-bond acceptors (Lipinski definition) is 1. The molecule has 21 heavy (non-hydrogen) atoms. The molecular weight excluding hydrogens is 258 g/mol. The van der Waals surface area contributed by atoms with E-state index in [-0.39, 0.29) is 11.3 Å². The lowest BCUT2D eigenvalue weighted by atomic mass is 9.58. The summed E-state index contributed by atoms with van der Waals surface area (Å²) in [6, 6.07) is 10.4. The predicted octanol–water partition coefficient (Wildman–Crippen LogP) is 3.78. The summed E-state index contributed by atoms with van der Waals surface area (Å²) in [4.78, 5) is 15.0. The van der Waals surface area contributed by atoms with Crippen molar-refractivity contribution in [2.75, 3.05) is 6.54 Å². The third kappa shape index (κ3) is 2.04. The van der Waals surface area contributed by atoms with Gasteiger partial charge in [0.05, 0.1) is 5.92 Å². The van der Waals surface area contributed by atoms with Gasteiger partial charge in [-0.05, 0) is 30.7 Å². The first-order chi connectivity index (χ1) is 10.3. The van der Waals surface area contributed by atoms with Crippen molar-refractivity contribution in [2.24, 2.45) is 17.3 Å². The van der Waals surface area contributed by atoms with Crippen LogP contribution in [0.5, 0.6) is 0 Å². The van der Waals surface area contributed by atoms with Crippen molar-refractivity contribution < 1.29 is 4.79 Å². The first-order valence-electron chi connectivity index (χ1n) is 8.29. The Labute approximate surface area is 126 Å². The summed E-state index contributed by atoms with van der Waals surface area (Å²) in [6.45, 7) is 1.75. The fraction of sp³-hybridized carbons (Fsp3) is 0.526. The second-order valence-electron chi connectivity index (χ2n) is 7.00. The Morgan fingerprint density at radius 1 is 1.19 bits per heavy atom. The molecule has 0 N–H and O–H groups in total. The first-order valence-corrected chi connectivity index (χ1v) is 8.29. The third-order valence-corrected chi connectivity index (χ3v) is 5.91. The van der Waals surface area contributed by atoms with Crippen LogP contribution in [0.25, 0.3) is 0 Å². The normalized spacial score (nSPS) is 34.7. The van der Waals surface area contributed by atoms with Crippen molar-refractivity contribution >= 4 is 5.91 Å². The van der Waals surface area contributed by atoms with Gasteiger partial charge in [-0.3, -0.25) is 4.79 Å². The molecule has 1 heterocycles. The Bertz CT molecular complexity index is 564. The SMILES string of the molecule is O=C1[C@H]2C=CC[C@@H]3CCCC[C@@]32CN1Cc1ccccc1. The van der Waals surface area contributed by atoms with E-state index < -0.39 is 0 Å². The number of carbonyl (C=O) groups excluding carboxylic acids is 1. The van der Waals surface area contributed by atoms with Crippen LogP contribution in [-0.2, 0) is 11.3 Å². The molecular formula is C19H23NO. The number of rotatable bonds is 2. The lowest BCUT2D eigenvalue weighted by Crippen LogP contribution is -2.42. The summed E-state index contributed by atoms with van der Waals surface area (Å²) in [5.41, 5.74) is 1.50. The third-order valence-electron chi connectivity index (χ3n) is 5.91. The zero-order valence-electron chi connectivity index (χ0n) is 12.5. The minimum absolute atomic E-state index is 0.153. The topological polar surface area (TPSA) is 20.3 Å². The van der Waals surface area contributed by atoms with Crippen molar-refractivity contribution in [3.8, 4) is 0 Å². The van der Waals surface area contributed by atoms with Gasteiger partial charge in [-0.25, -0.2) is 0 Å². The molecule has 4 rings (SSSR count). The average molecular weight is 281 g/mol. The van der Waals surface area contributed by atoms with E-state index >= 15 is 0 Å². The van der Waals surface area contributed by atoms with E-state index in [1.807, 2.05) is 6.07 Å².